The number of ether oxygens (including phenoxy) is 2. The molecule has 3 atom stereocenters. The van der Waals surface area contributed by atoms with Crippen molar-refractivity contribution in [3.05, 3.63) is 41.1 Å². The van der Waals surface area contributed by atoms with Gasteiger partial charge in [-0.1, -0.05) is 12.1 Å². The van der Waals surface area contributed by atoms with Gasteiger partial charge in [0.15, 0.2) is 0 Å². The first-order chi connectivity index (χ1) is 15.3. The summed E-state index contributed by atoms with van der Waals surface area (Å²) in [5.41, 5.74) is 1.05. The van der Waals surface area contributed by atoms with Crippen LogP contribution in [-0.2, 0) is 23.9 Å². The Balaban J connectivity index is 1.87. The number of nitrogens with zero attached hydrogens (tertiary/aromatic N) is 2. The van der Waals surface area contributed by atoms with E-state index in [2.05, 4.69) is 0 Å². The van der Waals surface area contributed by atoms with Gasteiger partial charge in [-0.3, -0.25) is 14.4 Å². The molecule has 1 saturated heterocycles. The predicted molar refractivity (Wildman–Crippen MR) is 118 cm³/mol. The number of fused-ring (bicyclic) bond motifs is 1. The van der Waals surface area contributed by atoms with Crippen molar-refractivity contribution >= 4 is 29.3 Å². The number of aliphatic hydroxyl groups is 1. The average Bonchev–Trinajstić information content (AvgIpc) is 3.07. The standard InChI is InChI=1S/C24H30N2O7/c1-13(27)18-17-11-16(14-7-9-15(10-8-14)20(28)25(5)6)19(26(17)21(18)29)22(30)32-12-33-23(31)24(2,3)4/h7-10,13,17-18,27H,11-12H2,1-6H3/t13-,17?,18?/m1/s1. The minimum Gasteiger partial charge on any atom is -0.427 e. The van der Waals surface area contributed by atoms with Crippen LogP contribution in [0.15, 0.2) is 30.0 Å². The fourth-order valence-electron chi connectivity index (χ4n) is 4.01. The largest absolute Gasteiger partial charge is 0.427 e. The van der Waals surface area contributed by atoms with Crippen LogP contribution in [0, 0.1) is 11.3 Å². The molecule has 178 valence electrons. The Labute approximate surface area is 192 Å². The first-order valence-electron chi connectivity index (χ1n) is 10.7. The van der Waals surface area contributed by atoms with E-state index in [1.54, 1.807) is 66.1 Å². The lowest BCUT2D eigenvalue weighted by molar-refractivity contribution is -0.175. The van der Waals surface area contributed by atoms with Gasteiger partial charge in [-0.05, 0) is 57.4 Å². The molecule has 0 spiro atoms. The minimum absolute atomic E-state index is 0.0698. The molecule has 2 heterocycles. The molecular weight excluding hydrogens is 428 g/mol. The summed E-state index contributed by atoms with van der Waals surface area (Å²) in [6, 6.07) is 6.37. The second-order valence-electron chi connectivity index (χ2n) is 9.58. The first-order valence-corrected chi connectivity index (χ1v) is 10.7. The van der Waals surface area contributed by atoms with Crippen LogP contribution >= 0.6 is 0 Å². The quantitative estimate of drug-likeness (QED) is 0.393. The SMILES string of the molecule is C[C@@H](O)C1C(=O)N2C(C(=O)OCOC(=O)C(C)(C)C)=C(c3ccc(C(=O)N(C)C)cc3)CC12. The van der Waals surface area contributed by atoms with Crippen molar-refractivity contribution in [3.8, 4) is 0 Å². The number of hydrogen-bond acceptors (Lipinski definition) is 7. The lowest BCUT2D eigenvalue weighted by Crippen LogP contribution is -2.61. The molecule has 2 unspecified atom stereocenters. The zero-order valence-corrected chi connectivity index (χ0v) is 19.7. The molecule has 2 amide bonds. The second-order valence-corrected chi connectivity index (χ2v) is 9.58. The van der Waals surface area contributed by atoms with Crippen molar-refractivity contribution in [2.45, 2.75) is 46.3 Å². The van der Waals surface area contributed by atoms with Gasteiger partial charge in [0, 0.05) is 19.7 Å². The molecule has 0 aromatic heterocycles. The molecule has 1 fully saturated rings. The molecule has 0 aliphatic carbocycles. The maximum atomic E-state index is 12.9. The molecule has 2 aliphatic rings. The predicted octanol–water partition coefficient (Wildman–Crippen LogP) is 1.80. The summed E-state index contributed by atoms with van der Waals surface area (Å²) in [5, 5.41) is 10.0. The molecule has 1 aromatic rings. The smallest absolute Gasteiger partial charge is 0.358 e. The number of hydrogen-bond donors (Lipinski definition) is 1. The highest BCUT2D eigenvalue weighted by molar-refractivity contribution is 6.07. The van der Waals surface area contributed by atoms with Gasteiger partial charge >= 0.3 is 11.9 Å². The van der Waals surface area contributed by atoms with E-state index in [1.165, 1.54) is 9.80 Å². The molecule has 0 saturated carbocycles. The summed E-state index contributed by atoms with van der Waals surface area (Å²) >= 11 is 0. The molecule has 0 bridgehead atoms. The maximum absolute atomic E-state index is 12.9. The number of benzene rings is 1. The van der Waals surface area contributed by atoms with E-state index < -0.39 is 36.2 Å². The van der Waals surface area contributed by atoms with Crippen LogP contribution in [0.2, 0.25) is 0 Å². The molecule has 2 aliphatic heterocycles. The number of β-lactam (4-membered cyclic amide) rings is 1. The van der Waals surface area contributed by atoms with Crippen molar-refractivity contribution < 1.29 is 33.8 Å². The van der Waals surface area contributed by atoms with E-state index in [1.807, 2.05) is 0 Å². The van der Waals surface area contributed by atoms with Gasteiger partial charge in [0.2, 0.25) is 12.7 Å². The Morgan fingerprint density at radius 2 is 1.76 bits per heavy atom. The van der Waals surface area contributed by atoms with Gasteiger partial charge < -0.3 is 24.4 Å². The second kappa shape index (κ2) is 8.97. The number of carbonyl (C=O) groups excluding carboxylic acids is 4. The molecule has 0 radical (unpaired) electrons. The number of aliphatic hydroxyl groups excluding tert-OH is 1. The van der Waals surface area contributed by atoms with Crippen LogP contribution in [0.5, 0.6) is 0 Å². The Morgan fingerprint density at radius 1 is 1.15 bits per heavy atom. The van der Waals surface area contributed by atoms with Crippen LogP contribution in [0.4, 0.5) is 0 Å². The fraction of sp³-hybridized carbons (Fsp3) is 0.500. The number of esters is 2. The van der Waals surface area contributed by atoms with Crippen molar-refractivity contribution in [1.29, 1.82) is 0 Å². The Kier molecular flexibility index (Phi) is 6.65. The molecule has 33 heavy (non-hydrogen) atoms. The number of rotatable bonds is 6. The minimum atomic E-state index is -0.858. The van der Waals surface area contributed by atoms with Gasteiger partial charge in [-0.15, -0.1) is 0 Å². The van der Waals surface area contributed by atoms with Gasteiger partial charge in [-0.2, -0.15) is 0 Å². The maximum Gasteiger partial charge on any atom is 0.358 e. The average molecular weight is 459 g/mol. The van der Waals surface area contributed by atoms with Crippen LogP contribution in [0.1, 0.15) is 50.0 Å². The van der Waals surface area contributed by atoms with Gasteiger partial charge in [-0.25, -0.2) is 4.79 Å². The first kappa shape index (κ1) is 24.4. The third-order valence-electron chi connectivity index (χ3n) is 5.80. The third kappa shape index (κ3) is 4.64. The normalized spacial score (nSPS) is 20.7. The van der Waals surface area contributed by atoms with Crippen molar-refractivity contribution in [3.63, 3.8) is 0 Å². The van der Waals surface area contributed by atoms with Crippen molar-refractivity contribution in [2.24, 2.45) is 11.3 Å². The van der Waals surface area contributed by atoms with Crippen molar-refractivity contribution in [2.75, 3.05) is 20.9 Å². The summed E-state index contributed by atoms with van der Waals surface area (Å²) in [7, 11) is 3.31. The highest BCUT2D eigenvalue weighted by Gasteiger charge is 2.57. The monoisotopic (exact) mass is 458 g/mol. The van der Waals surface area contributed by atoms with Gasteiger partial charge in [0.1, 0.15) is 5.70 Å². The van der Waals surface area contributed by atoms with E-state index in [-0.39, 0.29) is 23.6 Å². The molecule has 1 N–H and O–H groups in total. The Bertz CT molecular complexity index is 1000. The van der Waals surface area contributed by atoms with Crippen LogP contribution in [0.25, 0.3) is 5.57 Å². The van der Waals surface area contributed by atoms with Crippen LogP contribution in [-0.4, -0.2) is 71.7 Å². The van der Waals surface area contributed by atoms with E-state index >= 15 is 0 Å². The highest BCUT2D eigenvalue weighted by Crippen LogP contribution is 2.47. The molecular formula is C24H30N2O7. The van der Waals surface area contributed by atoms with Gasteiger partial charge in [0.05, 0.1) is 23.5 Å². The summed E-state index contributed by atoms with van der Waals surface area (Å²) in [4.78, 5) is 52.6. The van der Waals surface area contributed by atoms with E-state index in [0.717, 1.165) is 0 Å². The van der Waals surface area contributed by atoms with E-state index in [4.69, 9.17) is 9.47 Å². The lowest BCUT2D eigenvalue weighted by Gasteiger charge is -2.44. The summed E-state index contributed by atoms with van der Waals surface area (Å²) in [6.07, 6.45) is -0.503. The summed E-state index contributed by atoms with van der Waals surface area (Å²) in [6.45, 7) is 6.01. The highest BCUT2D eigenvalue weighted by atomic mass is 16.7. The van der Waals surface area contributed by atoms with Crippen LogP contribution < -0.4 is 0 Å². The van der Waals surface area contributed by atoms with Gasteiger partial charge in [0.25, 0.3) is 5.91 Å². The third-order valence-corrected chi connectivity index (χ3v) is 5.80. The topological polar surface area (TPSA) is 113 Å². The van der Waals surface area contributed by atoms with E-state index in [9.17, 15) is 24.3 Å². The van der Waals surface area contributed by atoms with Crippen LogP contribution in [0.3, 0.4) is 0 Å². The Morgan fingerprint density at radius 3 is 2.27 bits per heavy atom. The zero-order chi connectivity index (χ0) is 24.7. The lowest BCUT2D eigenvalue weighted by atomic mass is 9.82. The number of carbonyl (C=O) groups is 4. The molecule has 3 rings (SSSR count). The zero-order valence-electron chi connectivity index (χ0n) is 19.7. The fourth-order valence-corrected chi connectivity index (χ4v) is 4.01. The molecule has 9 nitrogen and oxygen atoms in total. The Hall–Kier alpha value is -3.20. The molecule has 1 aromatic carbocycles. The number of amides is 2. The van der Waals surface area contributed by atoms with Crippen molar-refractivity contribution in [1.82, 2.24) is 9.80 Å². The summed E-state index contributed by atoms with van der Waals surface area (Å²) in [5.74, 6) is -2.44. The molecule has 9 heteroatoms. The summed E-state index contributed by atoms with van der Waals surface area (Å²) < 4.78 is 10.2. The van der Waals surface area contributed by atoms with E-state index in [0.29, 0.717) is 23.1 Å².